The molecular weight excluding hydrogens is 374 g/mol. The Hall–Kier alpha value is 1.07. The van der Waals surface area contributed by atoms with Crippen molar-refractivity contribution >= 4 is 63.8 Å². The Kier molecular flexibility index (Phi) is 7.72. The molecule has 0 spiro atoms. The molecule has 0 aliphatic carbocycles. The molecule has 0 saturated carbocycles. The first-order chi connectivity index (χ1) is 9.24. The third-order valence-electron chi connectivity index (χ3n) is 2.65. The first kappa shape index (κ1) is 19.1. The minimum Gasteiger partial charge on any atom is -0.325 e. The van der Waals surface area contributed by atoms with E-state index in [1.165, 1.54) is 11.4 Å². The summed E-state index contributed by atoms with van der Waals surface area (Å²) in [5.41, 5.74) is -1.20. The highest BCUT2D eigenvalue weighted by molar-refractivity contribution is 8.69. The molecule has 0 aromatic heterocycles. The molecule has 0 saturated heterocycles. The van der Waals surface area contributed by atoms with Gasteiger partial charge in [-0.1, -0.05) is 34.6 Å². The van der Waals surface area contributed by atoms with Crippen LogP contribution in [0.1, 0.15) is 19.4 Å². The van der Waals surface area contributed by atoms with Crippen molar-refractivity contribution in [1.29, 1.82) is 0 Å². The van der Waals surface area contributed by atoms with E-state index < -0.39 is 5.69 Å². The van der Waals surface area contributed by atoms with Crippen LogP contribution >= 0.6 is 52.0 Å². The highest BCUT2D eigenvalue weighted by Gasteiger charge is 2.26. The fourth-order valence-corrected chi connectivity index (χ4v) is 8.06. The third kappa shape index (κ3) is 5.36. The van der Waals surface area contributed by atoms with Crippen molar-refractivity contribution in [3.8, 4) is 0 Å². The fraction of sp³-hybridized carbons (Fsp3) is 0.500. The summed E-state index contributed by atoms with van der Waals surface area (Å²) >= 11 is 20.9. The second-order valence-corrected chi connectivity index (χ2v) is 13.7. The monoisotopic (exact) mass is 390 g/mol. The SMILES string of the molecule is COP(=S)(OC)SCSC(C)(C)c1cc(Cl)ccc1Cl. The maximum absolute atomic E-state index is 6.26. The van der Waals surface area contributed by atoms with E-state index in [1.807, 2.05) is 12.1 Å². The normalized spacial score (nSPS) is 12.7. The molecule has 0 amide bonds. The Morgan fingerprint density at radius 1 is 1.25 bits per heavy atom. The molecule has 0 fully saturated rings. The zero-order valence-corrected chi connectivity index (χ0v) is 16.5. The summed E-state index contributed by atoms with van der Waals surface area (Å²) in [6, 6.07) is 5.52. The summed E-state index contributed by atoms with van der Waals surface area (Å²) in [4.78, 5) is 0. The van der Waals surface area contributed by atoms with Crippen molar-refractivity contribution in [2.75, 3.05) is 19.3 Å². The van der Waals surface area contributed by atoms with E-state index in [4.69, 9.17) is 44.1 Å². The highest BCUT2D eigenvalue weighted by atomic mass is 35.5. The van der Waals surface area contributed by atoms with Gasteiger partial charge in [-0.15, -0.1) is 11.8 Å². The average Bonchev–Trinajstić information content (AvgIpc) is 2.41. The molecule has 0 atom stereocenters. The van der Waals surface area contributed by atoms with Gasteiger partial charge in [0.25, 0.3) is 0 Å². The molecule has 0 heterocycles. The Labute approximate surface area is 144 Å². The van der Waals surface area contributed by atoms with Crippen molar-refractivity contribution in [2.45, 2.75) is 18.6 Å². The lowest BCUT2D eigenvalue weighted by Gasteiger charge is -2.27. The molecule has 0 N–H and O–H groups in total. The van der Waals surface area contributed by atoms with Gasteiger partial charge in [-0.2, -0.15) is 0 Å². The molecule has 0 aliphatic heterocycles. The van der Waals surface area contributed by atoms with Crippen molar-refractivity contribution in [3.63, 3.8) is 0 Å². The van der Waals surface area contributed by atoms with Gasteiger partial charge in [0.05, 0.1) is 0 Å². The van der Waals surface area contributed by atoms with Crippen molar-refractivity contribution in [1.82, 2.24) is 0 Å². The molecular formula is C12H17Cl2O2PS3. The number of thioether (sulfide) groups is 1. The largest absolute Gasteiger partial charge is 0.325 e. The smallest absolute Gasteiger partial charge is 0.247 e. The van der Waals surface area contributed by atoms with E-state index in [-0.39, 0.29) is 4.75 Å². The minimum atomic E-state index is -2.21. The quantitative estimate of drug-likeness (QED) is 0.408. The Morgan fingerprint density at radius 2 is 1.85 bits per heavy atom. The van der Waals surface area contributed by atoms with Crippen LogP contribution in [0, 0.1) is 0 Å². The van der Waals surface area contributed by atoms with Crippen LogP contribution in [-0.2, 0) is 25.6 Å². The van der Waals surface area contributed by atoms with Gasteiger partial charge in [0.15, 0.2) is 0 Å². The van der Waals surface area contributed by atoms with E-state index in [9.17, 15) is 0 Å². The third-order valence-corrected chi connectivity index (χ3v) is 10.9. The summed E-state index contributed by atoms with van der Waals surface area (Å²) < 4.78 is 10.3. The standard InChI is InChI=1S/C12H17Cl2O2PS3/c1-12(2,10-7-9(13)5-6-11(10)14)19-8-20-17(18,15-3)16-4/h5-7H,8H2,1-4H3. The number of rotatable bonds is 7. The second kappa shape index (κ2) is 8.07. The van der Waals surface area contributed by atoms with Crippen LogP contribution in [0.3, 0.4) is 0 Å². The van der Waals surface area contributed by atoms with Crippen LogP contribution in [0.25, 0.3) is 0 Å². The van der Waals surface area contributed by atoms with Crippen LogP contribution in [0.4, 0.5) is 0 Å². The van der Waals surface area contributed by atoms with E-state index >= 15 is 0 Å². The highest BCUT2D eigenvalue weighted by Crippen LogP contribution is 2.61. The average molecular weight is 391 g/mol. The zero-order valence-electron chi connectivity index (χ0n) is 11.7. The fourth-order valence-electron chi connectivity index (χ4n) is 1.45. The number of halogens is 2. The summed E-state index contributed by atoms with van der Waals surface area (Å²) in [5.74, 6) is 0. The van der Waals surface area contributed by atoms with Crippen LogP contribution in [-0.4, -0.2) is 19.3 Å². The van der Waals surface area contributed by atoms with Crippen molar-refractivity contribution < 1.29 is 9.05 Å². The molecule has 0 radical (unpaired) electrons. The van der Waals surface area contributed by atoms with E-state index in [0.717, 1.165) is 15.7 Å². The molecule has 1 aromatic rings. The zero-order chi connectivity index (χ0) is 15.4. The lowest BCUT2D eigenvalue weighted by molar-refractivity contribution is 0.354. The van der Waals surface area contributed by atoms with Gasteiger partial charge in [0.2, 0.25) is 5.69 Å². The Bertz CT molecular complexity index is 503. The first-order valence-corrected chi connectivity index (χ1v) is 11.7. The van der Waals surface area contributed by atoms with Crippen LogP contribution in [0.15, 0.2) is 18.2 Å². The maximum Gasteiger partial charge on any atom is 0.247 e. The molecule has 1 rings (SSSR count). The van der Waals surface area contributed by atoms with Gasteiger partial charge in [-0.25, -0.2) is 0 Å². The first-order valence-electron chi connectivity index (χ1n) is 5.69. The van der Waals surface area contributed by atoms with Crippen LogP contribution in [0.2, 0.25) is 10.0 Å². The second-order valence-electron chi connectivity index (χ2n) is 4.34. The topological polar surface area (TPSA) is 18.5 Å². The summed E-state index contributed by atoms with van der Waals surface area (Å²) in [5, 5.41) is 2.16. The molecule has 2 nitrogen and oxygen atoms in total. The summed E-state index contributed by atoms with van der Waals surface area (Å²) in [6.07, 6.45) is 0. The van der Waals surface area contributed by atoms with Gasteiger partial charge in [0, 0.05) is 34.1 Å². The summed E-state index contributed by atoms with van der Waals surface area (Å²) in [6.45, 7) is 4.22. The molecule has 1 aromatic carbocycles. The number of benzene rings is 1. The van der Waals surface area contributed by atoms with E-state index in [2.05, 4.69) is 13.8 Å². The van der Waals surface area contributed by atoms with Gasteiger partial charge in [-0.3, -0.25) is 0 Å². The molecule has 114 valence electrons. The summed E-state index contributed by atoms with van der Waals surface area (Å²) in [7, 11) is 3.17. The molecule has 20 heavy (non-hydrogen) atoms. The predicted octanol–water partition coefficient (Wildman–Crippen LogP) is 6.17. The predicted molar refractivity (Wildman–Crippen MR) is 97.8 cm³/mol. The van der Waals surface area contributed by atoms with E-state index in [1.54, 1.807) is 32.0 Å². The lowest BCUT2D eigenvalue weighted by Crippen LogP contribution is -2.13. The minimum absolute atomic E-state index is 0.170. The van der Waals surface area contributed by atoms with Crippen molar-refractivity contribution in [3.05, 3.63) is 33.8 Å². The van der Waals surface area contributed by atoms with Gasteiger partial charge in [-0.05, 0) is 49.4 Å². The maximum atomic E-state index is 6.26. The Morgan fingerprint density at radius 3 is 2.40 bits per heavy atom. The molecule has 8 heteroatoms. The molecule has 0 unspecified atom stereocenters. The lowest BCUT2D eigenvalue weighted by atomic mass is 10.0. The molecule has 0 aliphatic rings. The number of hydrogen-bond acceptors (Lipinski definition) is 5. The molecule has 0 bridgehead atoms. The van der Waals surface area contributed by atoms with Gasteiger partial charge in [0.1, 0.15) is 0 Å². The van der Waals surface area contributed by atoms with E-state index in [0.29, 0.717) is 5.02 Å². The van der Waals surface area contributed by atoms with Crippen LogP contribution < -0.4 is 0 Å². The van der Waals surface area contributed by atoms with Crippen molar-refractivity contribution in [2.24, 2.45) is 0 Å². The Balaban J connectivity index is 2.75. The van der Waals surface area contributed by atoms with Gasteiger partial charge >= 0.3 is 0 Å². The van der Waals surface area contributed by atoms with Crippen LogP contribution in [0.5, 0.6) is 0 Å². The van der Waals surface area contributed by atoms with Gasteiger partial charge < -0.3 is 9.05 Å². The number of hydrogen-bond donors (Lipinski definition) is 0.